The van der Waals surface area contributed by atoms with E-state index in [1.807, 2.05) is 6.92 Å². The van der Waals surface area contributed by atoms with Crippen molar-refractivity contribution in [2.75, 3.05) is 0 Å². The van der Waals surface area contributed by atoms with Crippen molar-refractivity contribution in [2.45, 2.75) is 13.3 Å². The molecule has 0 heterocycles. The maximum Gasteiger partial charge on any atom is 0.235 e. The van der Waals surface area contributed by atoms with Gasteiger partial charge in [0.1, 0.15) is 0 Å². The second kappa shape index (κ2) is 4.77. The van der Waals surface area contributed by atoms with Crippen LogP contribution in [0.25, 0.3) is 0 Å². The number of rotatable bonds is 1. The normalized spacial score (nSPS) is 10.3. The van der Waals surface area contributed by atoms with Crippen molar-refractivity contribution < 1.29 is 5.11 Å². The molecule has 0 aliphatic carbocycles. The molecule has 0 saturated carbocycles. The summed E-state index contributed by atoms with van der Waals surface area (Å²) in [4.78, 5) is 11.6. The van der Waals surface area contributed by atoms with E-state index >= 15 is 0 Å². The zero-order valence-electron chi connectivity index (χ0n) is 7.27. The fourth-order valence-corrected chi connectivity index (χ4v) is 3.42. The van der Waals surface area contributed by atoms with E-state index in [-0.39, 0.29) is 5.75 Å². The SMILES string of the molecule is CCc1c(Br)cc(Br)c(O)c(=O)c1Br. The highest BCUT2D eigenvalue weighted by Gasteiger charge is 2.11. The lowest BCUT2D eigenvalue weighted by atomic mass is 10.2. The van der Waals surface area contributed by atoms with E-state index in [0.717, 1.165) is 10.0 Å². The van der Waals surface area contributed by atoms with Gasteiger partial charge in [0.25, 0.3) is 0 Å². The molecule has 1 aromatic rings. The molecule has 1 rings (SSSR count). The van der Waals surface area contributed by atoms with Crippen LogP contribution in [0.3, 0.4) is 0 Å². The first kappa shape index (κ1) is 12.2. The van der Waals surface area contributed by atoms with Crippen molar-refractivity contribution in [1.29, 1.82) is 0 Å². The number of hydrogen-bond donors (Lipinski definition) is 1. The lowest BCUT2D eigenvalue weighted by Gasteiger charge is -1.96. The Balaban J connectivity index is 3.77. The molecule has 0 fully saturated rings. The van der Waals surface area contributed by atoms with E-state index in [1.54, 1.807) is 6.07 Å². The molecule has 0 unspecified atom stereocenters. The monoisotopic (exact) mass is 384 g/mol. The summed E-state index contributed by atoms with van der Waals surface area (Å²) in [6, 6.07) is 1.67. The van der Waals surface area contributed by atoms with E-state index in [1.165, 1.54) is 0 Å². The molecule has 14 heavy (non-hydrogen) atoms. The average Bonchev–Trinajstić information content (AvgIpc) is 2.20. The van der Waals surface area contributed by atoms with Gasteiger partial charge in [-0.05, 0) is 49.9 Å². The quantitative estimate of drug-likeness (QED) is 0.800. The predicted octanol–water partition coefficient (Wildman–Crippen LogP) is 3.60. The first-order valence-electron chi connectivity index (χ1n) is 3.88. The van der Waals surface area contributed by atoms with E-state index in [4.69, 9.17) is 0 Å². The average molecular weight is 387 g/mol. The standard InChI is InChI=1S/C9H7Br3O2/c1-2-4-5(10)3-6(11)8(13)9(14)7(4)12/h3H,2H2,1H3,(H,13,14). The summed E-state index contributed by atoms with van der Waals surface area (Å²) < 4.78 is 1.57. The summed E-state index contributed by atoms with van der Waals surface area (Å²) in [5.41, 5.74) is 0.440. The molecule has 5 heteroatoms. The van der Waals surface area contributed by atoms with Gasteiger partial charge >= 0.3 is 0 Å². The summed E-state index contributed by atoms with van der Waals surface area (Å²) in [6.07, 6.45) is 0.705. The van der Waals surface area contributed by atoms with Crippen LogP contribution in [0, 0.1) is 0 Å². The molecular weight excluding hydrogens is 380 g/mol. The van der Waals surface area contributed by atoms with E-state index < -0.39 is 5.43 Å². The summed E-state index contributed by atoms with van der Waals surface area (Å²) in [6.45, 7) is 1.94. The van der Waals surface area contributed by atoms with Crippen LogP contribution in [0.5, 0.6) is 5.75 Å². The summed E-state index contributed by atoms with van der Waals surface area (Å²) in [5, 5.41) is 9.48. The Bertz CT molecular complexity index is 429. The molecule has 2 nitrogen and oxygen atoms in total. The maximum absolute atomic E-state index is 11.6. The molecule has 0 bridgehead atoms. The molecule has 0 radical (unpaired) electrons. The van der Waals surface area contributed by atoms with Crippen molar-refractivity contribution in [3.63, 3.8) is 0 Å². The Morgan fingerprint density at radius 2 is 1.86 bits per heavy atom. The molecule has 0 aliphatic heterocycles. The Labute approximate surface area is 107 Å². The van der Waals surface area contributed by atoms with Crippen LogP contribution in [0.4, 0.5) is 0 Å². The van der Waals surface area contributed by atoms with Crippen molar-refractivity contribution in [1.82, 2.24) is 0 Å². The Hall–Kier alpha value is 0.130. The van der Waals surface area contributed by atoms with Crippen molar-refractivity contribution >= 4 is 47.8 Å². The lowest BCUT2D eigenvalue weighted by molar-refractivity contribution is 0.467. The topological polar surface area (TPSA) is 37.3 Å². The van der Waals surface area contributed by atoms with Crippen LogP contribution in [0.2, 0.25) is 0 Å². The van der Waals surface area contributed by atoms with Gasteiger partial charge in [-0.1, -0.05) is 22.9 Å². The third-order valence-corrected chi connectivity index (χ3v) is 3.95. The van der Waals surface area contributed by atoms with Crippen molar-refractivity contribution in [2.24, 2.45) is 0 Å². The predicted molar refractivity (Wildman–Crippen MR) is 66.9 cm³/mol. The van der Waals surface area contributed by atoms with Gasteiger partial charge in [-0.3, -0.25) is 4.79 Å². The Morgan fingerprint density at radius 3 is 2.36 bits per heavy atom. The summed E-state index contributed by atoms with van der Waals surface area (Å²) in [7, 11) is 0. The highest BCUT2D eigenvalue weighted by molar-refractivity contribution is 9.11. The molecule has 1 aromatic carbocycles. The third-order valence-electron chi connectivity index (χ3n) is 1.80. The van der Waals surface area contributed by atoms with Gasteiger partial charge < -0.3 is 5.11 Å². The van der Waals surface area contributed by atoms with Gasteiger partial charge in [0.05, 0.1) is 8.95 Å². The van der Waals surface area contributed by atoms with Gasteiger partial charge in [-0.15, -0.1) is 0 Å². The number of aromatic hydroxyl groups is 1. The minimum Gasteiger partial charge on any atom is -0.503 e. The van der Waals surface area contributed by atoms with Crippen molar-refractivity contribution in [3.05, 3.63) is 35.3 Å². The minimum atomic E-state index is -0.403. The minimum absolute atomic E-state index is 0.280. The maximum atomic E-state index is 11.6. The molecule has 0 saturated heterocycles. The summed E-state index contributed by atoms with van der Waals surface area (Å²) in [5.74, 6) is -0.280. The third kappa shape index (κ3) is 2.20. The fourth-order valence-electron chi connectivity index (χ4n) is 1.05. The van der Waals surface area contributed by atoms with Gasteiger partial charge in [0.2, 0.25) is 5.43 Å². The second-order valence-electron chi connectivity index (χ2n) is 2.66. The first-order valence-corrected chi connectivity index (χ1v) is 6.26. The van der Waals surface area contributed by atoms with Crippen LogP contribution < -0.4 is 5.43 Å². The molecular formula is C9H7Br3O2. The van der Waals surface area contributed by atoms with E-state index in [2.05, 4.69) is 47.8 Å². The first-order chi connectivity index (χ1) is 6.49. The molecule has 0 amide bonds. The van der Waals surface area contributed by atoms with Gasteiger partial charge in [0, 0.05) is 4.47 Å². The van der Waals surface area contributed by atoms with Crippen LogP contribution >= 0.6 is 47.8 Å². The van der Waals surface area contributed by atoms with Crippen LogP contribution in [-0.4, -0.2) is 5.11 Å². The van der Waals surface area contributed by atoms with Gasteiger partial charge in [0.15, 0.2) is 5.75 Å². The zero-order valence-corrected chi connectivity index (χ0v) is 12.0. The van der Waals surface area contributed by atoms with Gasteiger partial charge in [-0.2, -0.15) is 0 Å². The van der Waals surface area contributed by atoms with E-state index in [0.29, 0.717) is 15.4 Å². The summed E-state index contributed by atoms with van der Waals surface area (Å²) >= 11 is 9.65. The number of hydrogen-bond acceptors (Lipinski definition) is 2. The van der Waals surface area contributed by atoms with Gasteiger partial charge in [-0.25, -0.2) is 0 Å². The highest BCUT2D eigenvalue weighted by atomic mass is 79.9. The molecule has 76 valence electrons. The Kier molecular flexibility index (Phi) is 4.15. The molecule has 0 atom stereocenters. The molecule has 0 aliphatic rings. The van der Waals surface area contributed by atoms with Crippen LogP contribution in [0.15, 0.2) is 24.3 Å². The van der Waals surface area contributed by atoms with E-state index in [9.17, 15) is 9.90 Å². The second-order valence-corrected chi connectivity index (χ2v) is 5.17. The smallest absolute Gasteiger partial charge is 0.235 e. The zero-order chi connectivity index (χ0) is 10.9. The number of halogens is 3. The van der Waals surface area contributed by atoms with Crippen molar-refractivity contribution in [3.8, 4) is 5.75 Å². The van der Waals surface area contributed by atoms with Crippen LogP contribution in [-0.2, 0) is 6.42 Å². The molecule has 1 N–H and O–H groups in total. The largest absolute Gasteiger partial charge is 0.503 e. The molecule has 0 aromatic heterocycles. The highest BCUT2D eigenvalue weighted by Crippen LogP contribution is 2.29. The molecule has 0 spiro atoms. The lowest BCUT2D eigenvalue weighted by Crippen LogP contribution is -2.00. The Morgan fingerprint density at radius 1 is 1.29 bits per heavy atom. The fraction of sp³-hybridized carbons (Fsp3) is 0.222. The van der Waals surface area contributed by atoms with Crippen LogP contribution in [0.1, 0.15) is 12.5 Å².